The van der Waals surface area contributed by atoms with Crippen molar-refractivity contribution in [2.75, 3.05) is 13.1 Å². The molecule has 2 aromatic rings. The van der Waals surface area contributed by atoms with Crippen LogP contribution in [0.25, 0.3) is 0 Å². The maximum absolute atomic E-state index is 10.9. The number of halogens is 1. The van der Waals surface area contributed by atoms with Gasteiger partial charge < -0.3 is 9.64 Å². The molecule has 0 unspecified atom stereocenters. The molecule has 5 nitrogen and oxygen atoms in total. The minimum Gasteiger partial charge on any atom is -0.488 e. The Morgan fingerprint density at radius 3 is 2.74 bits per heavy atom. The number of hydrogen-bond donors (Lipinski definition) is 0. The van der Waals surface area contributed by atoms with E-state index in [4.69, 9.17) is 17.0 Å². The lowest BCUT2D eigenvalue weighted by Gasteiger charge is -2.33. The Morgan fingerprint density at radius 1 is 1.30 bits per heavy atom. The van der Waals surface area contributed by atoms with E-state index in [0.717, 1.165) is 52.4 Å². The summed E-state index contributed by atoms with van der Waals surface area (Å²) in [5.41, 5.74) is 1.68. The van der Waals surface area contributed by atoms with Crippen LogP contribution in [0.15, 0.2) is 46.9 Å². The molecule has 3 rings (SSSR count). The van der Waals surface area contributed by atoms with Gasteiger partial charge in [-0.2, -0.15) is 0 Å². The van der Waals surface area contributed by atoms with Crippen molar-refractivity contribution < 1.29 is 9.66 Å². The van der Waals surface area contributed by atoms with Crippen LogP contribution in [0, 0.1) is 16.0 Å². The molecule has 0 radical (unpaired) electrons. The molecule has 0 spiro atoms. The third-order valence-corrected chi connectivity index (χ3v) is 5.73. The normalized spacial score (nSPS) is 14.8. The van der Waals surface area contributed by atoms with Crippen LogP contribution in [0.3, 0.4) is 0 Å². The third-order valence-electron chi connectivity index (χ3n) is 4.76. The molecule has 1 heterocycles. The second kappa shape index (κ2) is 8.80. The first kappa shape index (κ1) is 19.8. The number of ether oxygens (including phenoxy) is 1. The van der Waals surface area contributed by atoms with Crippen LogP contribution in [0.5, 0.6) is 5.75 Å². The molecule has 0 amide bonds. The zero-order valence-electron chi connectivity index (χ0n) is 15.1. The Labute approximate surface area is 172 Å². The van der Waals surface area contributed by atoms with Gasteiger partial charge in [0.25, 0.3) is 5.69 Å². The lowest BCUT2D eigenvalue weighted by atomic mass is 9.99. The van der Waals surface area contributed by atoms with E-state index in [1.54, 1.807) is 6.07 Å². The standard InChI is InChI=1S/C20H21BrN2O3S/c1-14-7-9-22(10-8-14)20(27)18-12-16(21)5-6-19(18)26-13-15-3-2-4-17(11-15)23(24)25/h2-6,11-12,14H,7-10,13H2,1H3. The van der Waals surface area contributed by atoms with E-state index in [0.29, 0.717) is 5.75 Å². The van der Waals surface area contributed by atoms with Crippen molar-refractivity contribution in [3.8, 4) is 5.75 Å². The number of hydrogen-bond acceptors (Lipinski definition) is 4. The summed E-state index contributed by atoms with van der Waals surface area (Å²) >= 11 is 9.26. The average Bonchev–Trinajstić information content (AvgIpc) is 2.67. The van der Waals surface area contributed by atoms with Gasteiger partial charge in [0.2, 0.25) is 0 Å². The third kappa shape index (κ3) is 5.05. The van der Waals surface area contributed by atoms with Gasteiger partial charge in [-0.05, 0) is 42.5 Å². The predicted octanol–water partition coefficient (Wildman–Crippen LogP) is 5.34. The van der Waals surface area contributed by atoms with Gasteiger partial charge >= 0.3 is 0 Å². The first-order valence-corrected chi connectivity index (χ1v) is 10.1. The van der Waals surface area contributed by atoms with Crippen molar-refractivity contribution >= 4 is 38.8 Å². The fraction of sp³-hybridized carbons (Fsp3) is 0.350. The van der Waals surface area contributed by atoms with E-state index >= 15 is 0 Å². The summed E-state index contributed by atoms with van der Waals surface area (Å²) in [5.74, 6) is 1.42. The quantitative estimate of drug-likeness (QED) is 0.350. The average molecular weight is 449 g/mol. The molecule has 1 aliphatic rings. The van der Waals surface area contributed by atoms with Crippen LogP contribution in [-0.4, -0.2) is 27.9 Å². The molecule has 0 aromatic heterocycles. The first-order chi connectivity index (χ1) is 12.9. The molecule has 0 saturated carbocycles. The Morgan fingerprint density at radius 2 is 2.04 bits per heavy atom. The number of benzene rings is 2. The van der Waals surface area contributed by atoms with E-state index in [9.17, 15) is 10.1 Å². The summed E-state index contributed by atoms with van der Waals surface area (Å²) in [6, 6.07) is 12.3. The van der Waals surface area contributed by atoms with Crippen molar-refractivity contribution in [1.29, 1.82) is 0 Å². The Kier molecular flexibility index (Phi) is 6.44. The molecule has 2 aromatic carbocycles. The SMILES string of the molecule is CC1CCN(C(=S)c2cc(Br)ccc2OCc2cccc([N+](=O)[O-])c2)CC1. The van der Waals surface area contributed by atoms with E-state index in [1.807, 2.05) is 24.3 Å². The van der Waals surface area contributed by atoms with E-state index in [-0.39, 0.29) is 12.3 Å². The highest BCUT2D eigenvalue weighted by Gasteiger charge is 2.21. The summed E-state index contributed by atoms with van der Waals surface area (Å²) < 4.78 is 6.93. The van der Waals surface area contributed by atoms with Crippen molar-refractivity contribution in [3.63, 3.8) is 0 Å². The fourth-order valence-corrected chi connectivity index (χ4v) is 3.80. The fourth-order valence-electron chi connectivity index (χ4n) is 3.10. The molecule has 1 fully saturated rings. The van der Waals surface area contributed by atoms with Gasteiger partial charge in [0.05, 0.1) is 10.5 Å². The summed E-state index contributed by atoms with van der Waals surface area (Å²) in [4.78, 5) is 13.6. The molecule has 27 heavy (non-hydrogen) atoms. The van der Waals surface area contributed by atoms with Crippen molar-refractivity contribution in [2.24, 2.45) is 5.92 Å². The summed E-state index contributed by atoms with van der Waals surface area (Å²) in [6.45, 7) is 4.43. The van der Waals surface area contributed by atoms with Crippen LogP contribution in [0.4, 0.5) is 5.69 Å². The lowest BCUT2D eigenvalue weighted by Crippen LogP contribution is -2.37. The number of likely N-dealkylation sites (tertiary alicyclic amines) is 1. The van der Waals surface area contributed by atoms with E-state index in [2.05, 4.69) is 27.8 Å². The second-order valence-corrected chi connectivity index (χ2v) is 8.13. The molecular formula is C20H21BrN2O3S. The molecule has 0 bridgehead atoms. The highest BCUT2D eigenvalue weighted by Crippen LogP contribution is 2.28. The maximum Gasteiger partial charge on any atom is 0.269 e. The van der Waals surface area contributed by atoms with Crippen LogP contribution >= 0.6 is 28.1 Å². The lowest BCUT2D eigenvalue weighted by molar-refractivity contribution is -0.384. The first-order valence-electron chi connectivity index (χ1n) is 8.89. The minimum atomic E-state index is -0.402. The Hall–Kier alpha value is -1.99. The van der Waals surface area contributed by atoms with Crippen LogP contribution in [-0.2, 0) is 6.61 Å². The van der Waals surface area contributed by atoms with Gasteiger partial charge in [-0.25, -0.2) is 0 Å². The van der Waals surface area contributed by atoms with Gasteiger partial charge in [-0.15, -0.1) is 0 Å². The number of rotatable bonds is 5. The van der Waals surface area contributed by atoms with Crippen LogP contribution in [0.1, 0.15) is 30.9 Å². The zero-order chi connectivity index (χ0) is 19.4. The van der Waals surface area contributed by atoms with Crippen LogP contribution < -0.4 is 4.74 Å². The maximum atomic E-state index is 10.9. The van der Waals surface area contributed by atoms with Crippen molar-refractivity contribution in [3.05, 3.63) is 68.2 Å². The van der Waals surface area contributed by atoms with Crippen molar-refractivity contribution in [2.45, 2.75) is 26.4 Å². The molecule has 1 aliphatic heterocycles. The molecule has 7 heteroatoms. The molecule has 0 aliphatic carbocycles. The smallest absolute Gasteiger partial charge is 0.269 e. The minimum absolute atomic E-state index is 0.0603. The number of piperidine rings is 1. The second-order valence-electron chi connectivity index (χ2n) is 6.83. The summed E-state index contributed by atoms with van der Waals surface area (Å²) in [5, 5.41) is 10.9. The monoisotopic (exact) mass is 448 g/mol. The topological polar surface area (TPSA) is 55.6 Å². The van der Waals surface area contributed by atoms with Gasteiger partial charge in [-0.3, -0.25) is 10.1 Å². The summed E-state index contributed by atoms with van der Waals surface area (Å²) in [7, 11) is 0. The molecule has 1 saturated heterocycles. The summed E-state index contributed by atoms with van der Waals surface area (Å²) in [6.07, 6.45) is 2.27. The zero-order valence-corrected chi connectivity index (χ0v) is 17.5. The Bertz CT molecular complexity index is 851. The van der Waals surface area contributed by atoms with Crippen LogP contribution in [0.2, 0.25) is 0 Å². The molecule has 0 atom stereocenters. The van der Waals surface area contributed by atoms with E-state index < -0.39 is 4.92 Å². The number of nitrogens with zero attached hydrogens (tertiary/aromatic N) is 2. The van der Waals surface area contributed by atoms with Gasteiger partial charge in [0.1, 0.15) is 17.3 Å². The van der Waals surface area contributed by atoms with Gasteiger partial charge in [0.15, 0.2) is 0 Å². The molecule has 0 N–H and O–H groups in total. The number of nitro groups is 1. The highest BCUT2D eigenvalue weighted by molar-refractivity contribution is 9.10. The largest absolute Gasteiger partial charge is 0.488 e. The number of thiocarbonyl (C=S) groups is 1. The van der Waals surface area contributed by atoms with E-state index in [1.165, 1.54) is 12.1 Å². The number of nitro benzene ring substituents is 1. The predicted molar refractivity (Wildman–Crippen MR) is 113 cm³/mol. The number of non-ortho nitro benzene ring substituents is 1. The highest BCUT2D eigenvalue weighted by atomic mass is 79.9. The van der Waals surface area contributed by atoms with Gasteiger partial charge in [0, 0.05) is 29.7 Å². The van der Waals surface area contributed by atoms with Crippen molar-refractivity contribution in [1.82, 2.24) is 4.90 Å². The van der Waals surface area contributed by atoms with Gasteiger partial charge in [-0.1, -0.05) is 47.2 Å². The Balaban J connectivity index is 1.77. The molecular weight excluding hydrogens is 428 g/mol. The molecule has 142 valence electrons.